The van der Waals surface area contributed by atoms with Crippen LogP contribution in [0.1, 0.15) is 24.0 Å². The number of ether oxygens (including phenoxy) is 1. The lowest BCUT2D eigenvalue weighted by Crippen LogP contribution is -2.21. The van der Waals surface area contributed by atoms with Gasteiger partial charge in [-0.1, -0.05) is 48.5 Å². The van der Waals surface area contributed by atoms with Crippen molar-refractivity contribution in [2.75, 3.05) is 11.9 Å². The molecule has 2 N–H and O–H groups in total. The van der Waals surface area contributed by atoms with Gasteiger partial charge in [0.25, 0.3) is 5.56 Å². The summed E-state index contributed by atoms with van der Waals surface area (Å²) >= 11 is 0. The van der Waals surface area contributed by atoms with Crippen molar-refractivity contribution in [3.8, 4) is 11.1 Å². The number of hydrogen-bond acceptors (Lipinski definition) is 5. The summed E-state index contributed by atoms with van der Waals surface area (Å²) in [5.41, 5.74) is 4.81. The number of nitrogens with one attached hydrogen (secondary N) is 2. The summed E-state index contributed by atoms with van der Waals surface area (Å²) in [7, 11) is 0. The molecular weight excluding hydrogens is 382 g/mol. The second kappa shape index (κ2) is 7.14. The zero-order valence-electron chi connectivity index (χ0n) is 16.3. The summed E-state index contributed by atoms with van der Waals surface area (Å²) in [5, 5.41) is 2.52. The van der Waals surface area contributed by atoms with Crippen LogP contribution in [0.4, 0.5) is 10.7 Å². The number of rotatable bonds is 4. The first-order valence-electron chi connectivity index (χ1n) is 9.73. The van der Waals surface area contributed by atoms with E-state index in [-0.39, 0.29) is 24.0 Å². The van der Waals surface area contributed by atoms with Crippen molar-refractivity contribution >= 4 is 23.2 Å². The number of aromatic nitrogens is 4. The van der Waals surface area contributed by atoms with E-state index in [2.05, 4.69) is 44.5 Å². The quantitative estimate of drug-likeness (QED) is 0.545. The van der Waals surface area contributed by atoms with Crippen molar-refractivity contribution in [3.63, 3.8) is 0 Å². The molecule has 0 saturated carbocycles. The Bertz CT molecular complexity index is 1280. The van der Waals surface area contributed by atoms with E-state index in [1.807, 2.05) is 31.2 Å². The van der Waals surface area contributed by atoms with Crippen molar-refractivity contribution in [1.29, 1.82) is 0 Å². The van der Waals surface area contributed by atoms with E-state index in [0.717, 1.165) is 22.3 Å². The Hall–Kier alpha value is -3.94. The van der Waals surface area contributed by atoms with Crippen LogP contribution in [-0.4, -0.2) is 32.2 Å². The highest BCUT2D eigenvalue weighted by Crippen LogP contribution is 2.44. The summed E-state index contributed by atoms with van der Waals surface area (Å²) < 4.78 is 7.23. The van der Waals surface area contributed by atoms with Crippen LogP contribution < -0.4 is 10.9 Å². The molecule has 30 heavy (non-hydrogen) atoms. The van der Waals surface area contributed by atoms with Gasteiger partial charge in [-0.3, -0.25) is 15.1 Å². The van der Waals surface area contributed by atoms with Crippen molar-refractivity contribution < 1.29 is 9.53 Å². The van der Waals surface area contributed by atoms with Gasteiger partial charge in [-0.25, -0.2) is 9.78 Å². The van der Waals surface area contributed by atoms with Crippen LogP contribution in [-0.2, 0) is 11.3 Å². The van der Waals surface area contributed by atoms with Gasteiger partial charge in [-0.15, -0.1) is 0 Å². The molecule has 0 saturated heterocycles. The average Bonchev–Trinajstić information content (AvgIpc) is 3.31. The van der Waals surface area contributed by atoms with Crippen LogP contribution >= 0.6 is 0 Å². The van der Waals surface area contributed by atoms with Crippen LogP contribution in [0.3, 0.4) is 0 Å². The predicted octanol–water partition coefficient (Wildman–Crippen LogP) is 3.50. The fourth-order valence-corrected chi connectivity index (χ4v) is 3.98. The molecule has 4 aromatic rings. The smallest absolute Gasteiger partial charge is 0.414 e. The van der Waals surface area contributed by atoms with Gasteiger partial charge in [0.05, 0.1) is 6.33 Å². The van der Waals surface area contributed by atoms with Crippen molar-refractivity contribution in [3.05, 3.63) is 76.3 Å². The maximum Gasteiger partial charge on any atom is 0.414 e. The van der Waals surface area contributed by atoms with Crippen molar-refractivity contribution in [1.82, 2.24) is 19.5 Å². The third-order valence-electron chi connectivity index (χ3n) is 5.38. The number of aromatic amines is 1. The molecule has 1 aliphatic rings. The van der Waals surface area contributed by atoms with E-state index in [1.54, 1.807) is 10.9 Å². The van der Waals surface area contributed by atoms with Gasteiger partial charge in [0.1, 0.15) is 6.61 Å². The number of nitrogens with zero attached hydrogens (tertiary/aromatic N) is 3. The number of carbonyl (C=O) groups excluding carboxylic acids is 1. The Morgan fingerprint density at radius 2 is 1.80 bits per heavy atom. The summed E-state index contributed by atoms with van der Waals surface area (Å²) in [5.74, 6) is -0.0147. The number of H-pyrrole nitrogens is 1. The van der Waals surface area contributed by atoms with Crippen molar-refractivity contribution in [2.45, 2.75) is 19.4 Å². The Morgan fingerprint density at radius 3 is 2.47 bits per heavy atom. The summed E-state index contributed by atoms with van der Waals surface area (Å²) in [4.78, 5) is 35.5. The first-order valence-corrected chi connectivity index (χ1v) is 9.73. The van der Waals surface area contributed by atoms with Crippen LogP contribution in [0.25, 0.3) is 22.3 Å². The van der Waals surface area contributed by atoms with Gasteiger partial charge in [-0.05, 0) is 29.2 Å². The highest BCUT2D eigenvalue weighted by Gasteiger charge is 2.29. The van der Waals surface area contributed by atoms with Gasteiger partial charge in [-0.2, -0.15) is 4.98 Å². The molecule has 1 amide bonds. The molecule has 8 nitrogen and oxygen atoms in total. The molecule has 0 fully saturated rings. The molecule has 1 aliphatic carbocycles. The molecular formula is C22H19N5O3. The number of fused-ring (bicyclic) bond motifs is 4. The molecule has 8 heteroatoms. The zero-order chi connectivity index (χ0) is 20.7. The maximum atomic E-state index is 12.4. The van der Waals surface area contributed by atoms with E-state index in [0.29, 0.717) is 12.2 Å². The lowest BCUT2D eigenvalue weighted by Gasteiger charge is -2.14. The molecule has 0 atom stereocenters. The lowest BCUT2D eigenvalue weighted by atomic mass is 9.98. The molecule has 0 radical (unpaired) electrons. The van der Waals surface area contributed by atoms with Gasteiger partial charge >= 0.3 is 6.09 Å². The second-order valence-corrected chi connectivity index (χ2v) is 7.07. The largest absolute Gasteiger partial charge is 0.448 e. The van der Waals surface area contributed by atoms with Crippen LogP contribution in [0.2, 0.25) is 0 Å². The zero-order valence-corrected chi connectivity index (χ0v) is 16.3. The maximum absolute atomic E-state index is 12.4. The number of carbonyl (C=O) groups is 1. The summed E-state index contributed by atoms with van der Waals surface area (Å²) in [6.45, 7) is 2.71. The van der Waals surface area contributed by atoms with E-state index in [4.69, 9.17) is 4.74 Å². The van der Waals surface area contributed by atoms with Crippen LogP contribution in [0.5, 0.6) is 0 Å². The lowest BCUT2D eigenvalue weighted by molar-refractivity contribution is 0.158. The fourth-order valence-electron chi connectivity index (χ4n) is 3.98. The van der Waals surface area contributed by atoms with Crippen molar-refractivity contribution in [2.24, 2.45) is 0 Å². The third kappa shape index (κ3) is 2.93. The minimum absolute atomic E-state index is 0.0277. The van der Waals surface area contributed by atoms with E-state index >= 15 is 0 Å². The average molecular weight is 401 g/mol. The molecule has 0 bridgehead atoms. The first-order chi connectivity index (χ1) is 14.7. The molecule has 2 heterocycles. The summed E-state index contributed by atoms with van der Waals surface area (Å²) in [6, 6.07) is 16.2. The molecule has 5 rings (SSSR count). The Labute approximate surface area is 171 Å². The molecule has 2 aromatic carbocycles. The predicted molar refractivity (Wildman–Crippen MR) is 113 cm³/mol. The number of anilines is 1. The molecule has 0 unspecified atom stereocenters. The Morgan fingerprint density at radius 1 is 1.13 bits per heavy atom. The van der Waals surface area contributed by atoms with E-state index in [1.165, 1.54) is 0 Å². The standard InChI is InChI=1S/C22H19N5O3/c1-2-27-12-23-18-19(27)24-21(25-20(18)28)26-22(29)30-11-17-15-9-5-3-7-13(15)14-8-4-6-10-16(14)17/h3-10,12,17H,2,11H2,1H3,(H2,24,25,26,28,29). The second-order valence-electron chi connectivity index (χ2n) is 7.07. The topological polar surface area (TPSA) is 102 Å². The van der Waals surface area contributed by atoms with Gasteiger partial charge < -0.3 is 9.30 Å². The minimum atomic E-state index is -0.679. The Balaban J connectivity index is 1.35. The molecule has 0 spiro atoms. The monoisotopic (exact) mass is 401 g/mol. The Kier molecular flexibility index (Phi) is 4.31. The van der Waals surface area contributed by atoms with Gasteiger partial charge in [0.15, 0.2) is 11.2 Å². The van der Waals surface area contributed by atoms with Gasteiger partial charge in [0.2, 0.25) is 5.95 Å². The first kappa shape index (κ1) is 18.1. The van der Waals surface area contributed by atoms with E-state index in [9.17, 15) is 9.59 Å². The third-order valence-corrected chi connectivity index (χ3v) is 5.38. The minimum Gasteiger partial charge on any atom is -0.448 e. The number of imidazole rings is 1. The van der Waals surface area contributed by atoms with Crippen LogP contribution in [0.15, 0.2) is 59.7 Å². The van der Waals surface area contributed by atoms with Gasteiger partial charge in [0, 0.05) is 12.5 Å². The van der Waals surface area contributed by atoms with Crippen LogP contribution in [0, 0.1) is 0 Å². The highest BCUT2D eigenvalue weighted by molar-refractivity contribution is 5.84. The molecule has 0 aliphatic heterocycles. The number of amides is 1. The summed E-state index contributed by atoms with van der Waals surface area (Å²) in [6.07, 6.45) is 0.867. The van der Waals surface area contributed by atoms with E-state index < -0.39 is 11.7 Å². The number of benzene rings is 2. The molecule has 150 valence electrons. The number of aryl methyl sites for hydroxylation is 1. The normalized spacial score (nSPS) is 12.6. The number of hydrogen-bond donors (Lipinski definition) is 2. The fraction of sp³-hybridized carbons (Fsp3) is 0.182. The highest BCUT2D eigenvalue weighted by atomic mass is 16.5. The molecule has 2 aromatic heterocycles. The SMILES string of the molecule is CCn1cnc2c(=O)[nH]c(NC(=O)OCC3c4ccccc4-c4ccccc43)nc21.